The number of amides is 2. The van der Waals surface area contributed by atoms with Crippen molar-refractivity contribution in [2.75, 3.05) is 0 Å². The van der Waals surface area contributed by atoms with Crippen molar-refractivity contribution in [3.8, 4) is 0 Å². The van der Waals surface area contributed by atoms with E-state index < -0.39 is 18.2 Å². The van der Waals surface area contributed by atoms with Crippen LogP contribution in [0.4, 0.5) is 0 Å². The number of hydrogen-bond acceptors (Lipinski definition) is 3. The Balaban J connectivity index is 3.40. The molecule has 0 aromatic heterocycles. The molecule has 0 atom stereocenters. The number of nitrogens with two attached hydrogens (primary N) is 1. The molecule has 46 valence electrons. The summed E-state index contributed by atoms with van der Waals surface area (Å²) in [6, 6.07) is 0. The van der Waals surface area contributed by atoms with Gasteiger partial charge in [0.15, 0.2) is 0 Å². The van der Waals surface area contributed by atoms with Crippen LogP contribution in [0.15, 0.2) is 0 Å². The van der Waals surface area contributed by atoms with Crippen molar-refractivity contribution < 1.29 is 14.8 Å². The summed E-state index contributed by atoms with van der Waals surface area (Å²) < 4.78 is 0. The molecule has 0 aliphatic carbocycles. The van der Waals surface area contributed by atoms with Crippen LogP contribution in [0.5, 0.6) is 0 Å². The average Bonchev–Trinajstić information content (AvgIpc) is 1.65. The van der Waals surface area contributed by atoms with Gasteiger partial charge in [0, 0.05) is 0 Å². The van der Waals surface area contributed by atoms with Crippen molar-refractivity contribution in [3.05, 3.63) is 0 Å². The van der Waals surface area contributed by atoms with E-state index in [0.29, 0.717) is 0 Å². The van der Waals surface area contributed by atoms with Crippen LogP contribution in [0.2, 0.25) is 0 Å². The molecule has 5 nitrogen and oxygen atoms in total. The first-order chi connectivity index (χ1) is 3.66. The highest BCUT2D eigenvalue weighted by Gasteiger charge is 2.01. The third-order valence-electron chi connectivity index (χ3n) is 0.459. The topological polar surface area (TPSA) is 92.4 Å². The molecular formula is C3H6N2O3. The zero-order valence-electron chi connectivity index (χ0n) is 4.05. The highest BCUT2D eigenvalue weighted by Crippen LogP contribution is 1.72. The first-order valence-electron chi connectivity index (χ1n) is 1.88. The van der Waals surface area contributed by atoms with E-state index in [1.165, 1.54) is 5.48 Å². The monoisotopic (exact) mass is 118 g/mol. The predicted octanol–water partition coefficient (Wildman–Crippen LogP) is -1.63. The molecule has 8 heavy (non-hydrogen) atoms. The quantitative estimate of drug-likeness (QED) is 0.231. The lowest BCUT2D eigenvalue weighted by Gasteiger charge is -1.90. The van der Waals surface area contributed by atoms with Gasteiger partial charge in [-0.05, 0) is 0 Å². The van der Waals surface area contributed by atoms with Crippen LogP contribution in [0.3, 0.4) is 0 Å². The number of hydrogen-bond donors (Lipinski definition) is 3. The van der Waals surface area contributed by atoms with Crippen molar-refractivity contribution >= 4 is 11.8 Å². The molecule has 0 rings (SSSR count). The van der Waals surface area contributed by atoms with Crippen molar-refractivity contribution in [3.63, 3.8) is 0 Å². The van der Waals surface area contributed by atoms with Crippen molar-refractivity contribution in [1.82, 2.24) is 5.48 Å². The zero-order chi connectivity index (χ0) is 6.57. The second-order valence-corrected chi connectivity index (χ2v) is 1.18. The summed E-state index contributed by atoms with van der Waals surface area (Å²) in [5.74, 6) is -1.56. The fourth-order valence-electron chi connectivity index (χ4n) is 0.198. The standard InChI is InChI=1S/C3H6N2O3/c4-2(6)1-3(7)5-8/h8H,1H2,(H2,4,6)(H,5,7). The fourth-order valence-corrected chi connectivity index (χ4v) is 0.198. The van der Waals surface area contributed by atoms with Crippen LogP contribution >= 0.6 is 0 Å². The van der Waals surface area contributed by atoms with Crippen LogP contribution in [0.1, 0.15) is 6.42 Å². The minimum absolute atomic E-state index is 0.476. The summed E-state index contributed by atoms with van der Waals surface area (Å²) in [6.45, 7) is 0. The second kappa shape index (κ2) is 2.98. The number of carbonyl (C=O) groups is 2. The van der Waals surface area contributed by atoms with Crippen LogP contribution in [0, 0.1) is 0 Å². The molecule has 2 amide bonds. The van der Waals surface area contributed by atoms with Gasteiger partial charge in [-0.15, -0.1) is 0 Å². The van der Waals surface area contributed by atoms with E-state index >= 15 is 0 Å². The van der Waals surface area contributed by atoms with Crippen molar-refractivity contribution in [2.45, 2.75) is 6.42 Å². The summed E-state index contributed by atoms with van der Waals surface area (Å²) in [5.41, 5.74) is 5.81. The third kappa shape index (κ3) is 3.10. The van der Waals surface area contributed by atoms with Crippen LogP contribution < -0.4 is 11.2 Å². The normalized spacial score (nSPS) is 8.12. The Kier molecular flexibility index (Phi) is 2.57. The highest BCUT2D eigenvalue weighted by molar-refractivity contribution is 5.95. The first-order valence-corrected chi connectivity index (χ1v) is 1.88. The van der Waals surface area contributed by atoms with E-state index in [-0.39, 0.29) is 0 Å². The SMILES string of the molecule is NC(=O)CC(=O)NO. The molecule has 0 saturated heterocycles. The van der Waals surface area contributed by atoms with Crippen molar-refractivity contribution in [1.29, 1.82) is 0 Å². The van der Waals surface area contributed by atoms with E-state index in [1.807, 2.05) is 0 Å². The van der Waals surface area contributed by atoms with Crippen LogP contribution in [-0.2, 0) is 9.59 Å². The van der Waals surface area contributed by atoms with Gasteiger partial charge in [0.2, 0.25) is 5.91 Å². The Morgan fingerprint density at radius 2 is 2.12 bits per heavy atom. The smallest absolute Gasteiger partial charge is 0.252 e. The van der Waals surface area contributed by atoms with E-state index in [9.17, 15) is 9.59 Å². The molecule has 5 heteroatoms. The lowest BCUT2D eigenvalue weighted by molar-refractivity contribution is -0.133. The van der Waals surface area contributed by atoms with E-state index in [0.717, 1.165) is 0 Å². The maximum absolute atomic E-state index is 9.96. The van der Waals surface area contributed by atoms with Gasteiger partial charge in [-0.25, -0.2) is 5.48 Å². The molecule has 0 bridgehead atoms. The maximum atomic E-state index is 9.96. The van der Waals surface area contributed by atoms with E-state index in [1.54, 1.807) is 0 Å². The Hall–Kier alpha value is -1.10. The summed E-state index contributed by atoms with van der Waals surface area (Å²) in [5, 5.41) is 7.78. The minimum atomic E-state index is -0.794. The van der Waals surface area contributed by atoms with Gasteiger partial charge in [-0.3, -0.25) is 14.8 Å². The summed E-state index contributed by atoms with van der Waals surface area (Å²) in [6.07, 6.45) is -0.476. The summed E-state index contributed by atoms with van der Waals surface area (Å²) in [4.78, 5) is 19.8. The molecule has 0 unspecified atom stereocenters. The van der Waals surface area contributed by atoms with Gasteiger partial charge in [0.05, 0.1) is 0 Å². The molecular weight excluding hydrogens is 112 g/mol. The average molecular weight is 118 g/mol. The molecule has 0 aliphatic rings. The summed E-state index contributed by atoms with van der Waals surface area (Å²) in [7, 11) is 0. The second-order valence-electron chi connectivity index (χ2n) is 1.18. The third-order valence-corrected chi connectivity index (χ3v) is 0.459. The Morgan fingerprint density at radius 3 is 2.25 bits per heavy atom. The molecule has 0 spiro atoms. The lowest BCUT2D eigenvalue weighted by atomic mass is 10.4. The molecule has 0 saturated carbocycles. The molecule has 0 aromatic rings. The Bertz CT molecular complexity index is 111. The van der Waals surface area contributed by atoms with Gasteiger partial charge in [-0.2, -0.15) is 0 Å². The molecule has 0 fully saturated rings. The largest absolute Gasteiger partial charge is 0.369 e. The molecule has 0 heterocycles. The Morgan fingerprint density at radius 1 is 1.62 bits per heavy atom. The number of rotatable bonds is 2. The zero-order valence-corrected chi connectivity index (χ0v) is 4.05. The van der Waals surface area contributed by atoms with Gasteiger partial charge >= 0.3 is 0 Å². The number of nitrogens with one attached hydrogen (secondary N) is 1. The molecule has 4 N–H and O–H groups in total. The lowest BCUT2D eigenvalue weighted by Crippen LogP contribution is -2.25. The number of hydroxylamine groups is 1. The van der Waals surface area contributed by atoms with Gasteiger partial charge in [0.25, 0.3) is 5.91 Å². The molecule has 0 radical (unpaired) electrons. The summed E-state index contributed by atoms with van der Waals surface area (Å²) >= 11 is 0. The predicted molar refractivity (Wildman–Crippen MR) is 23.7 cm³/mol. The van der Waals surface area contributed by atoms with Crippen LogP contribution in [-0.4, -0.2) is 17.0 Å². The highest BCUT2D eigenvalue weighted by atomic mass is 16.5. The first kappa shape index (κ1) is 6.90. The number of primary amides is 1. The fraction of sp³-hybridized carbons (Fsp3) is 0.333. The molecule has 0 aliphatic heterocycles. The van der Waals surface area contributed by atoms with Gasteiger partial charge < -0.3 is 5.73 Å². The number of carbonyl (C=O) groups excluding carboxylic acids is 2. The van der Waals surface area contributed by atoms with Gasteiger partial charge in [-0.1, -0.05) is 0 Å². The van der Waals surface area contributed by atoms with E-state index in [4.69, 9.17) is 5.21 Å². The maximum Gasteiger partial charge on any atom is 0.252 e. The van der Waals surface area contributed by atoms with E-state index in [2.05, 4.69) is 5.73 Å². The molecule has 0 aromatic carbocycles. The van der Waals surface area contributed by atoms with Crippen molar-refractivity contribution in [2.24, 2.45) is 5.73 Å². The Labute approximate surface area is 45.4 Å². The van der Waals surface area contributed by atoms with Crippen LogP contribution in [0.25, 0.3) is 0 Å². The van der Waals surface area contributed by atoms with Gasteiger partial charge in [0.1, 0.15) is 6.42 Å². The minimum Gasteiger partial charge on any atom is -0.369 e.